The number of rotatable bonds is 1. The van der Waals surface area contributed by atoms with Crippen LogP contribution < -0.4 is 10.5 Å². The number of carboxylic acid groups (broad SMARTS) is 1. The summed E-state index contributed by atoms with van der Waals surface area (Å²) in [6.45, 7) is 0. The molecule has 0 saturated carbocycles. The highest BCUT2D eigenvalue weighted by Crippen LogP contribution is 2.40. The molecule has 0 bridgehead atoms. The molecule has 0 unspecified atom stereocenters. The van der Waals surface area contributed by atoms with Gasteiger partial charge in [-0.3, -0.25) is 9.59 Å². The van der Waals surface area contributed by atoms with Crippen LogP contribution in [0.4, 0.5) is 10.5 Å². The molecule has 0 radical (unpaired) electrons. The van der Waals surface area contributed by atoms with Crippen LogP contribution in [-0.2, 0) is 0 Å². The van der Waals surface area contributed by atoms with Crippen molar-refractivity contribution in [2.24, 2.45) is 0 Å². The molecular formula is C15H8ClNO5. The number of nitrogen functional groups attached to an aromatic ring is 1. The predicted octanol–water partition coefficient (Wildman–Crippen LogP) is 2.75. The van der Waals surface area contributed by atoms with Crippen molar-refractivity contribution in [2.45, 2.75) is 0 Å². The average Bonchev–Trinajstić information content (AvgIpc) is 2.47. The summed E-state index contributed by atoms with van der Waals surface area (Å²) >= 11 is 6.03. The van der Waals surface area contributed by atoms with Crippen LogP contribution >= 0.6 is 11.6 Å². The fourth-order valence-corrected chi connectivity index (χ4v) is 2.71. The van der Waals surface area contributed by atoms with E-state index >= 15 is 0 Å². The third-order valence-electron chi connectivity index (χ3n) is 3.35. The standard InChI is InChI=1S/C15H8ClNO5/c16-8-5-9(22-15(20)21)12(17)11-10(8)13(18)6-3-1-2-4-7(6)14(11)19/h1-5H,17H2,(H,20,21). The number of benzene rings is 2. The van der Waals surface area contributed by atoms with Gasteiger partial charge < -0.3 is 15.6 Å². The molecule has 0 atom stereocenters. The lowest BCUT2D eigenvalue weighted by molar-refractivity contribution is 0.0979. The molecule has 1 aliphatic carbocycles. The van der Waals surface area contributed by atoms with Crippen LogP contribution in [0, 0.1) is 0 Å². The fraction of sp³-hybridized carbons (Fsp3) is 0. The van der Waals surface area contributed by atoms with Gasteiger partial charge in [0.15, 0.2) is 17.3 Å². The molecule has 3 N–H and O–H groups in total. The van der Waals surface area contributed by atoms with Gasteiger partial charge in [0.2, 0.25) is 0 Å². The Morgan fingerprint density at radius 1 is 1.09 bits per heavy atom. The van der Waals surface area contributed by atoms with Gasteiger partial charge in [-0.15, -0.1) is 0 Å². The molecular weight excluding hydrogens is 310 g/mol. The second-order valence-corrected chi connectivity index (χ2v) is 5.00. The van der Waals surface area contributed by atoms with Crippen molar-refractivity contribution in [3.8, 4) is 5.75 Å². The molecule has 0 aliphatic heterocycles. The van der Waals surface area contributed by atoms with Crippen molar-refractivity contribution in [3.05, 3.63) is 57.6 Å². The zero-order valence-electron chi connectivity index (χ0n) is 10.9. The van der Waals surface area contributed by atoms with Crippen molar-refractivity contribution in [2.75, 3.05) is 5.73 Å². The van der Waals surface area contributed by atoms with E-state index in [0.717, 1.165) is 6.07 Å². The quantitative estimate of drug-likeness (QED) is 0.406. The molecule has 2 aromatic carbocycles. The summed E-state index contributed by atoms with van der Waals surface area (Å²) in [5.74, 6) is -1.22. The van der Waals surface area contributed by atoms with E-state index in [-0.39, 0.29) is 38.7 Å². The highest BCUT2D eigenvalue weighted by atomic mass is 35.5. The minimum atomic E-state index is -1.60. The molecule has 2 aromatic rings. The van der Waals surface area contributed by atoms with E-state index in [2.05, 4.69) is 4.74 Å². The normalized spacial score (nSPS) is 12.6. The SMILES string of the molecule is Nc1c(OC(=O)O)cc(Cl)c2c1C(=O)c1ccccc1C2=O. The number of anilines is 1. The Morgan fingerprint density at radius 3 is 2.18 bits per heavy atom. The lowest BCUT2D eigenvalue weighted by Crippen LogP contribution is -2.23. The summed E-state index contributed by atoms with van der Waals surface area (Å²) in [5.41, 5.74) is 5.83. The second-order valence-electron chi connectivity index (χ2n) is 4.59. The Labute approximate surface area is 129 Å². The maximum atomic E-state index is 12.6. The van der Waals surface area contributed by atoms with Crippen LogP contribution in [0.25, 0.3) is 0 Å². The first kappa shape index (κ1) is 14.1. The molecule has 3 rings (SSSR count). The van der Waals surface area contributed by atoms with Gasteiger partial charge in [0.05, 0.1) is 21.8 Å². The number of ether oxygens (including phenoxy) is 1. The van der Waals surface area contributed by atoms with E-state index in [1.807, 2.05) is 0 Å². The van der Waals surface area contributed by atoms with Gasteiger partial charge in [0.1, 0.15) is 0 Å². The van der Waals surface area contributed by atoms with Crippen LogP contribution in [0.15, 0.2) is 30.3 Å². The summed E-state index contributed by atoms with van der Waals surface area (Å²) < 4.78 is 4.51. The van der Waals surface area contributed by atoms with Gasteiger partial charge in [-0.2, -0.15) is 0 Å². The van der Waals surface area contributed by atoms with Crippen LogP contribution in [0.3, 0.4) is 0 Å². The Kier molecular flexibility index (Phi) is 3.11. The molecule has 0 amide bonds. The van der Waals surface area contributed by atoms with Gasteiger partial charge >= 0.3 is 6.16 Å². The molecule has 0 aromatic heterocycles. The highest BCUT2D eigenvalue weighted by Gasteiger charge is 2.34. The van der Waals surface area contributed by atoms with Gasteiger partial charge in [-0.1, -0.05) is 35.9 Å². The number of hydrogen-bond acceptors (Lipinski definition) is 5. The van der Waals surface area contributed by atoms with Crippen molar-refractivity contribution in [1.29, 1.82) is 0 Å². The smallest absolute Gasteiger partial charge is 0.449 e. The lowest BCUT2D eigenvalue weighted by atomic mass is 9.83. The van der Waals surface area contributed by atoms with Crippen LogP contribution in [-0.4, -0.2) is 22.8 Å². The molecule has 7 heteroatoms. The van der Waals surface area contributed by atoms with Gasteiger partial charge in [-0.25, -0.2) is 4.79 Å². The van der Waals surface area contributed by atoms with Crippen LogP contribution in [0.1, 0.15) is 31.8 Å². The largest absolute Gasteiger partial charge is 0.511 e. The minimum absolute atomic E-state index is 0.0411. The van der Waals surface area contributed by atoms with E-state index in [1.165, 1.54) is 12.1 Å². The maximum Gasteiger partial charge on any atom is 0.511 e. The van der Waals surface area contributed by atoms with Crippen molar-refractivity contribution in [1.82, 2.24) is 0 Å². The van der Waals surface area contributed by atoms with Gasteiger partial charge in [0.25, 0.3) is 0 Å². The minimum Gasteiger partial charge on any atom is -0.449 e. The molecule has 0 saturated heterocycles. The maximum absolute atomic E-state index is 12.6. The fourth-order valence-electron chi connectivity index (χ4n) is 2.43. The molecule has 22 heavy (non-hydrogen) atoms. The number of carbonyl (C=O) groups is 3. The summed E-state index contributed by atoms with van der Waals surface area (Å²) in [6, 6.07) is 7.38. The first-order chi connectivity index (χ1) is 10.4. The summed E-state index contributed by atoms with van der Waals surface area (Å²) in [4.78, 5) is 35.8. The predicted molar refractivity (Wildman–Crippen MR) is 77.8 cm³/mol. The van der Waals surface area contributed by atoms with Gasteiger partial charge in [0, 0.05) is 17.2 Å². The Balaban J connectivity index is 2.31. The molecule has 0 fully saturated rings. The van der Waals surface area contributed by atoms with Crippen molar-refractivity contribution < 1.29 is 24.2 Å². The van der Waals surface area contributed by atoms with Gasteiger partial charge in [-0.05, 0) is 0 Å². The number of carbonyl (C=O) groups excluding carboxylic acids is 2. The molecule has 1 aliphatic rings. The van der Waals surface area contributed by atoms with E-state index < -0.39 is 17.7 Å². The monoisotopic (exact) mass is 317 g/mol. The highest BCUT2D eigenvalue weighted by molar-refractivity contribution is 6.40. The second kappa shape index (κ2) is 4.85. The van der Waals surface area contributed by atoms with E-state index in [1.54, 1.807) is 12.1 Å². The number of ketones is 2. The third-order valence-corrected chi connectivity index (χ3v) is 3.65. The number of hydrogen-bond donors (Lipinski definition) is 2. The number of fused-ring (bicyclic) bond motifs is 2. The third kappa shape index (κ3) is 1.93. The van der Waals surface area contributed by atoms with E-state index in [9.17, 15) is 14.4 Å². The van der Waals surface area contributed by atoms with Crippen LogP contribution in [0.5, 0.6) is 5.75 Å². The average molecular weight is 318 g/mol. The summed E-state index contributed by atoms with van der Waals surface area (Å²) in [7, 11) is 0. The van der Waals surface area contributed by atoms with Crippen LogP contribution in [0.2, 0.25) is 5.02 Å². The summed E-state index contributed by atoms with van der Waals surface area (Å²) in [5, 5.41) is 8.60. The molecule has 0 heterocycles. The molecule has 6 nitrogen and oxygen atoms in total. The van der Waals surface area contributed by atoms with Crippen molar-refractivity contribution in [3.63, 3.8) is 0 Å². The Morgan fingerprint density at radius 2 is 1.64 bits per heavy atom. The number of nitrogens with two attached hydrogens (primary N) is 1. The Bertz CT molecular complexity index is 859. The molecule has 110 valence electrons. The summed E-state index contributed by atoms with van der Waals surface area (Å²) in [6.07, 6.45) is -1.60. The zero-order valence-corrected chi connectivity index (χ0v) is 11.7. The van der Waals surface area contributed by atoms with E-state index in [4.69, 9.17) is 22.4 Å². The van der Waals surface area contributed by atoms with Crippen molar-refractivity contribution >= 4 is 35.0 Å². The first-order valence-electron chi connectivity index (χ1n) is 6.13. The zero-order chi connectivity index (χ0) is 16.0. The topological polar surface area (TPSA) is 107 Å². The number of halogens is 1. The molecule has 0 spiro atoms. The van der Waals surface area contributed by atoms with E-state index in [0.29, 0.717) is 0 Å². The lowest BCUT2D eigenvalue weighted by Gasteiger charge is -2.21. The first-order valence-corrected chi connectivity index (χ1v) is 6.50. The Hall–Kier alpha value is -2.86.